The number of nitrogens with one attached hydrogen (secondary N) is 1. The average Bonchev–Trinajstić information content (AvgIpc) is 2.69. The number of carbonyl (C=O) groups is 2. The highest BCUT2D eigenvalue weighted by atomic mass is 32.1. The largest absolute Gasteiger partial charge is 0.481 e. The van der Waals surface area contributed by atoms with E-state index in [0.29, 0.717) is 21.3 Å². The Morgan fingerprint density at radius 2 is 1.90 bits per heavy atom. The van der Waals surface area contributed by atoms with Crippen molar-refractivity contribution in [3.05, 3.63) is 46.0 Å². The van der Waals surface area contributed by atoms with Crippen LogP contribution in [0.5, 0.6) is 0 Å². The van der Waals surface area contributed by atoms with Gasteiger partial charge in [0.2, 0.25) is 0 Å². The maximum Gasteiger partial charge on any atom is 0.308 e. The van der Waals surface area contributed by atoms with E-state index in [1.165, 1.54) is 11.3 Å². The fraction of sp³-hybridized carbons (Fsp3) is 0.214. The second-order valence-corrected chi connectivity index (χ2v) is 5.50. The van der Waals surface area contributed by atoms with Crippen molar-refractivity contribution in [1.82, 2.24) is 4.98 Å². The zero-order valence-electron chi connectivity index (χ0n) is 11.1. The number of nitrogens with zero attached hydrogens (tertiary/aromatic N) is 1. The second-order valence-electron chi connectivity index (χ2n) is 4.42. The SMILES string of the molecule is Cc1ccc(C(=O)Nc2nc(C)c(CC(=O)O)s2)cc1. The number of thiazole rings is 1. The smallest absolute Gasteiger partial charge is 0.308 e. The fourth-order valence-electron chi connectivity index (χ4n) is 1.66. The highest BCUT2D eigenvalue weighted by Gasteiger charge is 2.13. The number of anilines is 1. The summed E-state index contributed by atoms with van der Waals surface area (Å²) in [5.74, 6) is -1.16. The van der Waals surface area contributed by atoms with E-state index in [-0.39, 0.29) is 12.3 Å². The molecule has 0 radical (unpaired) electrons. The van der Waals surface area contributed by atoms with Crippen LogP contribution >= 0.6 is 11.3 Å². The topological polar surface area (TPSA) is 79.3 Å². The Bertz CT molecular complexity index is 647. The molecule has 1 amide bonds. The van der Waals surface area contributed by atoms with Crippen LogP contribution < -0.4 is 5.32 Å². The quantitative estimate of drug-likeness (QED) is 0.907. The molecule has 0 atom stereocenters. The Hall–Kier alpha value is -2.21. The highest BCUT2D eigenvalue weighted by Crippen LogP contribution is 2.23. The molecule has 2 aromatic rings. The first-order valence-electron chi connectivity index (χ1n) is 6.02. The molecule has 0 aliphatic heterocycles. The van der Waals surface area contributed by atoms with Crippen molar-refractivity contribution in [2.45, 2.75) is 20.3 Å². The maximum atomic E-state index is 12.0. The number of aromatic nitrogens is 1. The van der Waals surface area contributed by atoms with Crippen molar-refractivity contribution in [3.8, 4) is 0 Å². The average molecular weight is 290 g/mol. The number of aliphatic carboxylic acids is 1. The van der Waals surface area contributed by atoms with Gasteiger partial charge < -0.3 is 5.11 Å². The van der Waals surface area contributed by atoms with Crippen LogP contribution in [0.3, 0.4) is 0 Å². The first-order valence-corrected chi connectivity index (χ1v) is 6.83. The Morgan fingerprint density at radius 3 is 2.50 bits per heavy atom. The molecular weight excluding hydrogens is 276 g/mol. The number of carbonyl (C=O) groups excluding carboxylic acids is 1. The van der Waals surface area contributed by atoms with E-state index >= 15 is 0 Å². The summed E-state index contributed by atoms with van der Waals surface area (Å²) in [6.45, 7) is 3.68. The maximum absolute atomic E-state index is 12.0. The van der Waals surface area contributed by atoms with Crippen molar-refractivity contribution in [2.75, 3.05) is 5.32 Å². The van der Waals surface area contributed by atoms with Crippen molar-refractivity contribution >= 4 is 28.3 Å². The van der Waals surface area contributed by atoms with E-state index < -0.39 is 5.97 Å². The van der Waals surface area contributed by atoms with Gasteiger partial charge in [-0.2, -0.15) is 0 Å². The van der Waals surface area contributed by atoms with Gasteiger partial charge in [-0.1, -0.05) is 17.7 Å². The number of hydrogen-bond acceptors (Lipinski definition) is 4. The third kappa shape index (κ3) is 3.42. The molecule has 1 aromatic heterocycles. The third-order valence-corrected chi connectivity index (χ3v) is 3.81. The molecule has 0 bridgehead atoms. The molecule has 5 nitrogen and oxygen atoms in total. The zero-order chi connectivity index (χ0) is 14.7. The Morgan fingerprint density at radius 1 is 1.25 bits per heavy atom. The predicted molar refractivity (Wildman–Crippen MR) is 77.3 cm³/mol. The molecule has 0 spiro atoms. The van der Waals surface area contributed by atoms with E-state index in [2.05, 4.69) is 10.3 Å². The summed E-state index contributed by atoms with van der Waals surface area (Å²) < 4.78 is 0. The van der Waals surface area contributed by atoms with Gasteiger partial charge in [0.25, 0.3) is 5.91 Å². The minimum Gasteiger partial charge on any atom is -0.481 e. The Kier molecular flexibility index (Phi) is 4.14. The summed E-state index contributed by atoms with van der Waals surface area (Å²) >= 11 is 1.19. The molecule has 20 heavy (non-hydrogen) atoms. The van der Waals surface area contributed by atoms with E-state index in [1.54, 1.807) is 19.1 Å². The first-order chi connectivity index (χ1) is 9.45. The molecule has 0 fully saturated rings. The van der Waals surface area contributed by atoms with Crippen molar-refractivity contribution in [2.24, 2.45) is 0 Å². The number of aryl methyl sites for hydroxylation is 2. The molecule has 0 unspecified atom stereocenters. The predicted octanol–water partition coefficient (Wildman–Crippen LogP) is 2.64. The van der Waals surface area contributed by atoms with Crippen molar-refractivity contribution in [1.29, 1.82) is 0 Å². The van der Waals surface area contributed by atoms with Gasteiger partial charge in [0, 0.05) is 10.4 Å². The lowest BCUT2D eigenvalue weighted by Crippen LogP contribution is -2.11. The normalized spacial score (nSPS) is 10.3. The molecule has 0 aliphatic rings. The monoisotopic (exact) mass is 290 g/mol. The van der Waals surface area contributed by atoms with E-state index in [4.69, 9.17) is 5.11 Å². The number of rotatable bonds is 4. The van der Waals surface area contributed by atoms with Crippen LogP contribution in [0.2, 0.25) is 0 Å². The van der Waals surface area contributed by atoms with Crippen LogP contribution in [-0.2, 0) is 11.2 Å². The number of carboxylic acid groups (broad SMARTS) is 1. The van der Waals surface area contributed by atoms with Crippen LogP contribution in [0.1, 0.15) is 26.5 Å². The lowest BCUT2D eigenvalue weighted by Gasteiger charge is -2.01. The molecule has 0 saturated carbocycles. The lowest BCUT2D eigenvalue weighted by atomic mass is 10.1. The molecule has 0 aliphatic carbocycles. The summed E-state index contributed by atoms with van der Waals surface area (Å²) in [5, 5.41) is 11.9. The highest BCUT2D eigenvalue weighted by molar-refractivity contribution is 7.16. The lowest BCUT2D eigenvalue weighted by molar-refractivity contribution is -0.136. The summed E-state index contributed by atoms with van der Waals surface area (Å²) in [5.41, 5.74) is 2.26. The van der Waals surface area contributed by atoms with Gasteiger partial charge in [0.15, 0.2) is 5.13 Å². The Labute approximate surface area is 120 Å². The van der Waals surface area contributed by atoms with E-state index in [1.807, 2.05) is 19.1 Å². The fourth-order valence-corrected chi connectivity index (χ4v) is 2.61. The second kappa shape index (κ2) is 5.83. The molecule has 0 saturated heterocycles. The summed E-state index contributed by atoms with van der Waals surface area (Å²) in [6.07, 6.45) is -0.0795. The summed E-state index contributed by atoms with van der Waals surface area (Å²) in [7, 11) is 0. The summed E-state index contributed by atoms with van der Waals surface area (Å²) in [6, 6.07) is 7.20. The molecular formula is C14H14N2O3S. The van der Waals surface area contributed by atoms with Crippen LogP contribution in [0.25, 0.3) is 0 Å². The minimum atomic E-state index is -0.909. The molecule has 104 valence electrons. The van der Waals surface area contributed by atoms with Crippen molar-refractivity contribution < 1.29 is 14.7 Å². The standard InChI is InChI=1S/C14H14N2O3S/c1-8-3-5-10(6-4-8)13(19)16-14-15-9(2)11(20-14)7-12(17)18/h3-6H,7H2,1-2H3,(H,17,18)(H,15,16,19). The molecule has 2 N–H and O–H groups in total. The van der Waals surface area contributed by atoms with Crippen LogP contribution in [0.15, 0.2) is 24.3 Å². The van der Waals surface area contributed by atoms with Gasteiger partial charge in [-0.25, -0.2) is 4.98 Å². The van der Waals surface area contributed by atoms with Crippen LogP contribution in [0, 0.1) is 13.8 Å². The van der Waals surface area contributed by atoms with Gasteiger partial charge >= 0.3 is 5.97 Å². The van der Waals surface area contributed by atoms with Gasteiger partial charge in [-0.05, 0) is 26.0 Å². The Balaban J connectivity index is 2.12. The van der Waals surface area contributed by atoms with Gasteiger partial charge in [0.1, 0.15) is 0 Å². The molecule has 1 aromatic carbocycles. The van der Waals surface area contributed by atoms with E-state index in [9.17, 15) is 9.59 Å². The van der Waals surface area contributed by atoms with Crippen LogP contribution in [0.4, 0.5) is 5.13 Å². The minimum absolute atomic E-state index is 0.0795. The number of carboxylic acids is 1. The van der Waals surface area contributed by atoms with Crippen molar-refractivity contribution in [3.63, 3.8) is 0 Å². The third-order valence-electron chi connectivity index (χ3n) is 2.74. The molecule has 1 heterocycles. The summed E-state index contributed by atoms with van der Waals surface area (Å²) in [4.78, 5) is 27.5. The number of hydrogen-bond donors (Lipinski definition) is 2. The van der Waals surface area contributed by atoms with Crippen LogP contribution in [-0.4, -0.2) is 22.0 Å². The van der Waals surface area contributed by atoms with E-state index in [0.717, 1.165) is 5.56 Å². The first kappa shape index (κ1) is 14.2. The van der Waals surface area contributed by atoms with Gasteiger partial charge in [0.05, 0.1) is 12.1 Å². The van der Waals surface area contributed by atoms with Gasteiger partial charge in [-0.15, -0.1) is 11.3 Å². The number of amides is 1. The molecule has 2 rings (SSSR count). The zero-order valence-corrected chi connectivity index (χ0v) is 12.0. The van der Waals surface area contributed by atoms with Gasteiger partial charge in [-0.3, -0.25) is 14.9 Å². The number of benzene rings is 1. The molecule has 6 heteroatoms.